The molecule has 116 valence electrons. The molecule has 1 saturated heterocycles. The van der Waals surface area contributed by atoms with Gasteiger partial charge in [0, 0.05) is 5.25 Å². The monoisotopic (exact) mass is 318 g/mol. The average Bonchev–Trinajstić information content (AvgIpc) is 2.92. The zero-order chi connectivity index (χ0) is 15.4. The molecule has 2 heterocycles. The predicted molar refractivity (Wildman–Crippen MR) is 85.8 cm³/mol. The molecule has 1 aliphatic heterocycles. The number of thioether (sulfide) groups is 1. The van der Waals surface area contributed by atoms with Gasteiger partial charge in [0.15, 0.2) is 11.4 Å². The lowest BCUT2D eigenvalue weighted by molar-refractivity contribution is 0.0680. The van der Waals surface area contributed by atoms with Crippen molar-refractivity contribution in [1.29, 1.82) is 0 Å². The molecule has 6 heteroatoms. The fourth-order valence-corrected chi connectivity index (χ4v) is 3.84. The summed E-state index contributed by atoms with van der Waals surface area (Å²) in [7, 11) is 0. The molecule has 1 N–H and O–H groups in total. The minimum absolute atomic E-state index is 0.120. The van der Waals surface area contributed by atoms with E-state index in [-0.39, 0.29) is 5.69 Å². The highest BCUT2D eigenvalue weighted by Gasteiger charge is 2.23. The maximum Gasteiger partial charge on any atom is 0.358 e. The lowest BCUT2D eigenvalue weighted by atomic mass is 10.2. The molecule has 0 spiro atoms. The number of carboxylic acid groups (broad SMARTS) is 1. The third-order valence-corrected chi connectivity index (χ3v) is 5.01. The van der Waals surface area contributed by atoms with E-state index in [4.69, 9.17) is 4.74 Å². The van der Waals surface area contributed by atoms with Gasteiger partial charge in [0.1, 0.15) is 5.75 Å². The number of aromatic carboxylic acids is 1. The van der Waals surface area contributed by atoms with Gasteiger partial charge in [-0.25, -0.2) is 4.79 Å². The van der Waals surface area contributed by atoms with Crippen molar-refractivity contribution < 1.29 is 14.6 Å². The smallest absolute Gasteiger partial charge is 0.358 e. The van der Waals surface area contributed by atoms with E-state index in [0.717, 1.165) is 12.2 Å². The maximum atomic E-state index is 11.6. The maximum absolute atomic E-state index is 11.6. The molecule has 1 fully saturated rings. The lowest BCUT2D eigenvalue weighted by Gasteiger charge is -2.21. The van der Waals surface area contributed by atoms with Crippen LogP contribution in [0.4, 0.5) is 0 Å². The summed E-state index contributed by atoms with van der Waals surface area (Å²) in [5, 5.41) is 14.1. The van der Waals surface area contributed by atoms with Crippen molar-refractivity contribution in [3.8, 4) is 11.5 Å². The lowest BCUT2D eigenvalue weighted by Crippen LogP contribution is -2.21. The highest BCUT2D eigenvalue weighted by molar-refractivity contribution is 7.99. The highest BCUT2D eigenvalue weighted by atomic mass is 32.2. The summed E-state index contributed by atoms with van der Waals surface area (Å²) in [5.41, 5.74) is 0.120. The molecule has 1 atom stereocenters. The van der Waals surface area contributed by atoms with Gasteiger partial charge in [0.05, 0.1) is 12.7 Å². The quantitative estimate of drug-likeness (QED) is 0.911. The van der Waals surface area contributed by atoms with Gasteiger partial charge in [0.25, 0.3) is 0 Å². The van der Waals surface area contributed by atoms with Gasteiger partial charge in [0.2, 0.25) is 0 Å². The minimum atomic E-state index is -1.01. The van der Waals surface area contributed by atoms with Gasteiger partial charge in [-0.3, -0.25) is 4.68 Å². The van der Waals surface area contributed by atoms with E-state index in [2.05, 4.69) is 5.10 Å². The zero-order valence-corrected chi connectivity index (χ0v) is 13.0. The van der Waals surface area contributed by atoms with Gasteiger partial charge < -0.3 is 9.84 Å². The number of aromatic nitrogens is 2. The number of rotatable bonds is 5. The van der Waals surface area contributed by atoms with Gasteiger partial charge in [-0.15, -0.1) is 0 Å². The Morgan fingerprint density at radius 2 is 2.18 bits per heavy atom. The van der Waals surface area contributed by atoms with Crippen molar-refractivity contribution in [3.63, 3.8) is 0 Å². The van der Waals surface area contributed by atoms with Gasteiger partial charge in [-0.1, -0.05) is 24.6 Å². The molecule has 0 aliphatic carbocycles. The van der Waals surface area contributed by atoms with E-state index in [1.165, 1.54) is 19.0 Å². The SMILES string of the molecule is O=C(O)c1c(Oc2ccccc2)cnn1CC1CCCCS1. The molecule has 0 saturated carbocycles. The predicted octanol–water partition coefficient (Wildman–Crippen LogP) is 3.66. The van der Waals surface area contributed by atoms with Gasteiger partial charge >= 0.3 is 5.97 Å². The summed E-state index contributed by atoms with van der Waals surface area (Å²) < 4.78 is 7.23. The third kappa shape index (κ3) is 3.44. The summed E-state index contributed by atoms with van der Waals surface area (Å²) in [6.07, 6.45) is 5.05. The topological polar surface area (TPSA) is 64.3 Å². The van der Waals surface area contributed by atoms with Crippen LogP contribution in [0.1, 0.15) is 29.8 Å². The van der Waals surface area contributed by atoms with Crippen molar-refractivity contribution in [2.24, 2.45) is 0 Å². The van der Waals surface area contributed by atoms with Crippen LogP contribution in [0.2, 0.25) is 0 Å². The molecule has 2 aromatic rings. The van der Waals surface area contributed by atoms with Crippen molar-refractivity contribution in [2.45, 2.75) is 31.1 Å². The molecule has 0 amide bonds. The summed E-state index contributed by atoms with van der Waals surface area (Å²) in [5.74, 6) is 1.03. The molecule has 1 aromatic heterocycles. The molecule has 0 radical (unpaired) electrons. The number of carbonyl (C=O) groups is 1. The second-order valence-electron chi connectivity index (χ2n) is 5.25. The first-order valence-corrected chi connectivity index (χ1v) is 8.42. The first kappa shape index (κ1) is 15.0. The first-order valence-electron chi connectivity index (χ1n) is 7.37. The van der Waals surface area contributed by atoms with Crippen LogP contribution in [0, 0.1) is 0 Å². The Bertz CT molecular complexity index is 636. The van der Waals surface area contributed by atoms with Crippen molar-refractivity contribution >= 4 is 17.7 Å². The van der Waals surface area contributed by atoms with Crippen LogP contribution < -0.4 is 4.74 Å². The Hall–Kier alpha value is -1.95. The summed E-state index contributed by atoms with van der Waals surface area (Å²) in [6.45, 7) is 0.616. The molecular weight excluding hydrogens is 300 g/mol. The molecule has 1 unspecified atom stereocenters. The number of carboxylic acids is 1. The Morgan fingerprint density at radius 3 is 2.86 bits per heavy atom. The number of hydrogen-bond donors (Lipinski definition) is 1. The van der Waals surface area contributed by atoms with Gasteiger partial charge in [-0.05, 0) is 30.7 Å². The van der Waals surface area contributed by atoms with Crippen molar-refractivity contribution in [1.82, 2.24) is 9.78 Å². The fraction of sp³-hybridized carbons (Fsp3) is 0.375. The van der Waals surface area contributed by atoms with E-state index in [0.29, 0.717) is 23.3 Å². The average molecular weight is 318 g/mol. The van der Waals surface area contributed by atoms with Crippen LogP contribution in [0.15, 0.2) is 36.5 Å². The number of nitrogens with zero attached hydrogens (tertiary/aromatic N) is 2. The molecule has 1 aliphatic rings. The largest absolute Gasteiger partial charge is 0.476 e. The van der Waals surface area contributed by atoms with E-state index < -0.39 is 5.97 Å². The Labute approximate surface area is 133 Å². The zero-order valence-electron chi connectivity index (χ0n) is 12.1. The van der Waals surface area contributed by atoms with Gasteiger partial charge in [-0.2, -0.15) is 16.9 Å². The Balaban J connectivity index is 1.80. The van der Waals surface area contributed by atoms with Crippen LogP contribution in [0.5, 0.6) is 11.5 Å². The highest BCUT2D eigenvalue weighted by Crippen LogP contribution is 2.29. The number of benzene rings is 1. The van der Waals surface area contributed by atoms with Crippen LogP contribution in [0.3, 0.4) is 0 Å². The Kier molecular flexibility index (Phi) is 4.68. The molecule has 3 rings (SSSR count). The second kappa shape index (κ2) is 6.87. The third-order valence-electron chi connectivity index (χ3n) is 3.63. The van der Waals surface area contributed by atoms with Crippen LogP contribution >= 0.6 is 11.8 Å². The molecule has 0 bridgehead atoms. The van der Waals surface area contributed by atoms with E-state index >= 15 is 0 Å². The normalized spacial score (nSPS) is 18.1. The Morgan fingerprint density at radius 1 is 1.36 bits per heavy atom. The number of ether oxygens (including phenoxy) is 1. The summed E-state index contributed by atoms with van der Waals surface area (Å²) in [4.78, 5) is 11.6. The standard InChI is InChI=1S/C16H18N2O3S/c19-16(20)15-14(21-12-6-2-1-3-7-12)10-17-18(15)11-13-8-4-5-9-22-13/h1-3,6-7,10,13H,4-5,8-9,11H2,(H,19,20). The van der Waals surface area contributed by atoms with Crippen molar-refractivity contribution in [3.05, 3.63) is 42.2 Å². The van der Waals surface area contributed by atoms with E-state index in [1.54, 1.807) is 16.8 Å². The van der Waals surface area contributed by atoms with Crippen molar-refractivity contribution in [2.75, 3.05) is 5.75 Å². The molecule has 22 heavy (non-hydrogen) atoms. The van der Waals surface area contributed by atoms with E-state index in [9.17, 15) is 9.90 Å². The first-order chi connectivity index (χ1) is 10.7. The minimum Gasteiger partial charge on any atom is -0.476 e. The summed E-state index contributed by atoms with van der Waals surface area (Å²) >= 11 is 1.90. The summed E-state index contributed by atoms with van der Waals surface area (Å²) in [6, 6.07) is 9.16. The van der Waals surface area contributed by atoms with Crippen LogP contribution in [0.25, 0.3) is 0 Å². The van der Waals surface area contributed by atoms with Crippen LogP contribution in [-0.4, -0.2) is 31.9 Å². The van der Waals surface area contributed by atoms with E-state index in [1.807, 2.05) is 30.0 Å². The second-order valence-corrected chi connectivity index (χ2v) is 6.66. The fourth-order valence-electron chi connectivity index (χ4n) is 2.56. The number of hydrogen-bond acceptors (Lipinski definition) is 4. The van der Waals surface area contributed by atoms with Crippen LogP contribution in [-0.2, 0) is 6.54 Å². The molecular formula is C16H18N2O3S. The molecule has 5 nitrogen and oxygen atoms in total. The molecule has 1 aromatic carbocycles. The number of para-hydroxylation sites is 1.